The Morgan fingerprint density at radius 2 is 2.08 bits per heavy atom. The monoisotopic (exact) mass is 372 g/mol. The Balaban J connectivity index is 1.69. The van der Waals surface area contributed by atoms with Gasteiger partial charge in [-0.05, 0) is 43.7 Å². The number of hydrogen-bond acceptors (Lipinski definition) is 6. The van der Waals surface area contributed by atoms with Gasteiger partial charge in [-0.15, -0.1) is 22.7 Å². The van der Waals surface area contributed by atoms with Gasteiger partial charge in [0.1, 0.15) is 10.6 Å². The zero-order valence-electron chi connectivity index (χ0n) is 14.3. The van der Waals surface area contributed by atoms with E-state index in [0.29, 0.717) is 0 Å². The van der Waals surface area contributed by atoms with Gasteiger partial charge in [0.2, 0.25) is 5.91 Å². The van der Waals surface area contributed by atoms with Crippen LogP contribution < -0.4 is 5.32 Å². The summed E-state index contributed by atoms with van der Waals surface area (Å²) < 4.78 is 0. The lowest BCUT2D eigenvalue weighted by atomic mass is 10.2. The van der Waals surface area contributed by atoms with Crippen LogP contribution in [0.3, 0.4) is 0 Å². The minimum absolute atomic E-state index is 0.145. The molecule has 0 atom stereocenters. The molecule has 1 amide bonds. The van der Waals surface area contributed by atoms with Crippen molar-refractivity contribution in [3.63, 3.8) is 0 Å². The second-order valence-electron chi connectivity index (χ2n) is 6.28. The normalized spacial score (nSPS) is 14.4. The molecule has 1 saturated heterocycles. The lowest BCUT2D eigenvalue weighted by Crippen LogP contribution is -2.33. The number of nitrogens with one attached hydrogen (secondary N) is 1. The molecule has 0 aliphatic carbocycles. The van der Waals surface area contributed by atoms with Crippen molar-refractivity contribution in [1.82, 2.24) is 14.9 Å². The van der Waals surface area contributed by atoms with Crippen LogP contribution in [0.15, 0.2) is 17.5 Å². The van der Waals surface area contributed by atoms with Crippen LogP contribution in [0.5, 0.6) is 0 Å². The first kappa shape index (κ1) is 16.5. The Hall–Kier alpha value is -1.99. The number of likely N-dealkylation sites (tertiary alicyclic amines) is 1. The molecule has 0 spiro atoms. The predicted octanol–water partition coefficient (Wildman–Crippen LogP) is 4.07. The summed E-state index contributed by atoms with van der Waals surface area (Å²) >= 11 is 3.31. The smallest absolute Gasteiger partial charge is 0.241 e. The number of fused-ring (bicyclic) bond motifs is 1. The first-order chi connectivity index (χ1) is 12.1. The van der Waals surface area contributed by atoms with Gasteiger partial charge < -0.3 is 10.2 Å². The Bertz CT molecular complexity index is 911. The summed E-state index contributed by atoms with van der Waals surface area (Å²) in [6.45, 7) is 6.22. The van der Waals surface area contributed by atoms with Crippen molar-refractivity contribution in [3.05, 3.63) is 28.0 Å². The number of amides is 1. The van der Waals surface area contributed by atoms with Gasteiger partial charge in [-0.25, -0.2) is 9.97 Å². The maximum Gasteiger partial charge on any atom is 0.241 e. The van der Waals surface area contributed by atoms with Crippen LogP contribution in [0.2, 0.25) is 0 Å². The number of aromatic nitrogens is 2. The number of carbonyl (C=O) groups excluding carboxylic acids is 1. The van der Waals surface area contributed by atoms with E-state index in [9.17, 15) is 4.79 Å². The van der Waals surface area contributed by atoms with Crippen molar-refractivity contribution in [2.24, 2.45) is 0 Å². The highest BCUT2D eigenvalue weighted by molar-refractivity contribution is 7.19. The fourth-order valence-electron chi connectivity index (χ4n) is 3.13. The van der Waals surface area contributed by atoms with Gasteiger partial charge in [0.25, 0.3) is 0 Å². The zero-order valence-corrected chi connectivity index (χ0v) is 16.0. The summed E-state index contributed by atoms with van der Waals surface area (Å²) in [5.41, 5.74) is 1.19. The fraction of sp³-hybridized carbons (Fsp3) is 0.389. The number of nitrogens with zero attached hydrogens (tertiary/aromatic N) is 3. The lowest BCUT2D eigenvalue weighted by molar-refractivity contribution is -0.128. The molecule has 0 saturated carbocycles. The van der Waals surface area contributed by atoms with E-state index in [1.54, 1.807) is 22.7 Å². The number of hydrogen-bond donors (Lipinski definition) is 1. The van der Waals surface area contributed by atoms with Crippen molar-refractivity contribution in [2.45, 2.75) is 26.7 Å². The minimum Gasteiger partial charge on any atom is -0.360 e. The quantitative estimate of drug-likeness (QED) is 0.750. The topological polar surface area (TPSA) is 58.1 Å². The largest absolute Gasteiger partial charge is 0.360 e. The van der Waals surface area contributed by atoms with Crippen LogP contribution in [-0.2, 0) is 4.79 Å². The van der Waals surface area contributed by atoms with E-state index in [2.05, 4.69) is 19.2 Å². The van der Waals surface area contributed by atoms with Crippen LogP contribution in [0.1, 0.15) is 23.3 Å². The number of rotatable bonds is 4. The van der Waals surface area contributed by atoms with Crippen molar-refractivity contribution in [2.75, 3.05) is 25.0 Å². The van der Waals surface area contributed by atoms with Crippen molar-refractivity contribution in [3.8, 4) is 10.7 Å². The Morgan fingerprint density at radius 3 is 2.80 bits per heavy atom. The van der Waals surface area contributed by atoms with E-state index in [1.807, 2.05) is 22.4 Å². The van der Waals surface area contributed by atoms with Gasteiger partial charge in [-0.3, -0.25) is 4.79 Å². The molecule has 1 N–H and O–H groups in total. The number of anilines is 1. The molecule has 25 heavy (non-hydrogen) atoms. The van der Waals surface area contributed by atoms with Crippen LogP contribution in [0, 0.1) is 13.8 Å². The number of thiophene rings is 2. The molecule has 7 heteroatoms. The molecule has 0 radical (unpaired) electrons. The molecular formula is C18H20N4OS2. The molecule has 0 aromatic carbocycles. The van der Waals surface area contributed by atoms with Gasteiger partial charge in [0, 0.05) is 18.0 Å². The van der Waals surface area contributed by atoms with E-state index in [4.69, 9.17) is 9.97 Å². The molecule has 3 aromatic rings. The molecule has 4 heterocycles. The summed E-state index contributed by atoms with van der Waals surface area (Å²) in [7, 11) is 0. The Morgan fingerprint density at radius 1 is 1.28 bits per heavy atom. The summed E-state index contributed by atoms with van der Waals surface area (Å²) in [5.74, 6) is 1.63. The van der Waals surface area contributed by atoms with E-state index in [1.165, 1.54) is 10.4 Å². The van der Waals surface area contributed by atoms with Crippen molar-refractivity contribution in [1.29, 1.82) is 0 Å². The van der Waals surface area contributed by atoms with Gasteiger partial charge in [-0.2, -0.15) is 0 Å². The predicted molar refractivity (Wildman–Crippen MR) is 105 cm³/mol. The Kier molecular flexibility index (Phi) is 4.43. The van der Waals surface area contributed by atoms with Crippen molar-refractivity contribution < 1.29 is 4.79 Å². The first-order valence-corrected chi connectivity index (χ1v) is 10.2. The maximum atomic E-state index is 12.4. The van der Waals surface area contributed by atoms with Crippen LogP contribution in [-0.4, -0.2) is 40.4 Å². The molecule has 0 bridgehead atoms. The minimum atomic E-state index is 0.145. The molecule has 1 aliphatic heterocycles. The third-order valence-corrected chi connectivity index (χ3v) is 6.60. The van der Waals surface area contributed by atoms with Gasteiger partial charge in [-0.1, -0.05) is 6.07 Å². The van der Waals surface area contributed by atoms with Crippen LogP contribution in [0.4, 0.5) is 5.82 Å². The highest BCUT2D eigenvalue weighted by Crippen LogP contribution is 2.35. The molecule has 3 aromatic heterocycles. The van der Waals surface area contributed by atoms with E-state index in [-0.39, 0.29) is 12.5 Å². The molecule has 0 unspecified atom stereocenters. The van der Waals surface area contributed by atoms with E-state index < -0.39 is 0 Å². The summed E-state index contributed by atoms with van der Waals surface area (Å²) in [6, 6.07) is 4.03. The highest BCUT2D eigenvalue weighted by Gasteiger charge is 2.20. The van der Waals surface area contributed by atoms with Gasteiger partial charge in [0.15, 0.2) is 5.82 Å². The first-order valence-electron chi connectivity index (χ1n) is 8.47. The number of carbonyl (C=O) groups is 1. The molecule has 130 valence electrons. The molecule has 1 fully saturated rings. The van der Waals surface area contributed by atoms with Gasteiger partial charge >= 0.3 is 0 Å². The third kappa shape index (κ3) is 3.14. The van der Waals surface area contributed by atoms with Crippen LogP contribution in [0.25, 0.3) is 20.9 Å². The van der Waals surface area contributed by atoms with E-state index >= 15 is 0 Å². The molecular weight excluding hydrogens is 352 g/mol. The molecule has 5 nitrogen and oxygen atoms in total. The highest BCUT2D eigenvalue weighted by atomic mass is 32.1. The average Bonchev–Trinajstić information content (AvgIpc) is 3.35. The second kappa shape index (κ2) is 6.72. The third-order valence-electron chi connectivity index (χ3n) is 4.64. The molecule has 4 rings (SSSR count). The summed E-state index contributed by atoms with van der Waals surface area (Å²) in [4.78, 5) is 27.1. The molecule has 1 aliphatic rings. The standard InChI is InChI=1S/C18H20N4OS2/c1-11-12(2)25-18-15(11)17(19-10-14(23)22-7-3-4-8-22)20-16(21-18)13-6-5-9-24-13/h5-6,9H,3-4,7-8,10H2,1-2H3,(H,19,20,21). The SMILES string of the molecule is Cc1sc2nc(-c3cccs3)nc(NCC(=O)N3CCCC3)c2c1C. The fourth-order valence-corrected chi connectivity index (χ4v) is 4.82. The summed E-state index contributed by atoms with van der Waals surface area (Å²) in [6.07, 6.45) is 2.21. The van der Waals surface area contributed by atoms with Crippen LogP contribution >= 0.6 is 22.7 Å². The second-order valence-corrected chi connectivity index (χ2v) is 8.43. The van der Waals surface area contributed by atoms with Gasteiger partial charge in [0.05, 0.1) is 16.8 Å². The summed E-state index contributed by atoms with van der Waals surface area (Å²) in [5, 5.41) is 6.35. The maximum absolute atomic E-state index is 12.4. The van der Waals surface area contributed by atoms with E-state index in [0.717, 1.165) is 52.7 Å². The zero-order chi connectivity index (χ0) is 17.4. The lowest BCUT2D eigenvalue weighted by Gasteiger charge is -2.16. The Labute approximate surface area is 154 Å². The van der Waals surface area contributed by atoms with Crippen molar-refractivity contribution >= 4 is 44.6 Å². The number of aryl methyl sites for hydroxylation is 2. The average molecular weight is 373 g/mol.